The number of rotatable bonds is 4. The van der Waals surface area contributed by atoms with Crippen LogP contribution >= 0.6 is 27.7 Å². The molecule has 2 rings (SSSR count). The maximum absolute atomic E-state index is 13.6. The maximum Gasteiger partial charge on any atom is 0.234 e. The van der Waals surface area contributed by atoms with Gasteiger partial charge in [-0.05, 0) is 37.3 Å². The molecule has 2 aromatic rings. The van der Waals surface area contributed by atoms with E-state index in [-0.39, 0.29) is 17.3 Å². The largest absolute Gasteiger partial charge is 0.323 e. The standard InChI is InChI=1S/C15H13BrFNOS/c1-10-2-5-12(6-3-10)20-9-15(19)18-14-7-4-11(16)8-13(14)17/h2-8H,9H2,1H3,(H,18,19). The molecule has 0 aliphatic carbocycles. The van der Waals surface area contributed by atoms with E-state index in [1.807, 2.05) is 31.2 Å². The summed E-state index contributed by atoms with van der Waals surface area (Å²) >= 11 is 4.59. The van der Waals surface area contributed by atoms with E-state index in [1.165, 1.54) is 29.5 Å². The molecular weight excluding hydrogens is 341 g/mol. The molecule has 104 valence electrons. The average Bonchev–Trinajstić information content (AvgIpc) is 2.41. The average molecular weight is 354 g/mol. The summed E-state index contributed by atoms with van der Waals surface area (Å²) in [6.07, 6.45) is 0. The quantitative estimate of drug-likeness (QED) is 0.812. The second kappa shape index (κ2) is 6.90. The van der Waals surface area contributed by atoms with Crippen LogP contribution in [-0.4, -0.2) is 11.7 Å². The smallest absolute Gasteiger partial charge is 0.234 e. The summed E-state index contributed by atoms with van der Waals surface area (Å²) in [5.74, 6) is -0.427. The lowest BCUT2D eigenvalue weighted by atomic mass is 10.2. The molecule has 0 aliphatic heterocycles. The Morgan fingerprint density at radius 3 is 2.60 bits per heavy atom. The maximum atomic E-state index is 13.6. The third-order valence-corrected chi connectivity index (χ3v) is 4.10. The predicted octanol–water partition coefficient (Wildman–Crippen LogP) is 4.63. The van der Waals surface area contributed by atoms with E-state index < -0.39 is 5.82 Å². The van der Waals surface area contributed by atoms with Crippen molar-refractivity contribution in [2.24, 2.45) is 0 Å². The van der Waals surface area contributed by atoms with E-state index in [2.05, 4.69) is 21.2 Å². The summed E-state index contributed by atoms with van der Waals surface area (Å²) in [5.41, 5.74) is 1.37. The Morgan fingerprint density at radius 1 is 1.25 bits per heavy atom. The fourth-order valence-electron chi connectivity index (χ4n) is 1.56. The number of thioether (sulfide) groups is 1. The van der Waals surface area contributed by atoms with Gasteiger partial charge in [-0.2, -0.15) is 0 Å². The second-order valence-electron chi connectivity index (χ2n) is 4.27. The van der Waals surface area contributed by atoms with E-state index in [4.69, 9.17) is 0 Å². The number of benzene rings is 2. The van der Waals surface area contributed by atoms with Gasteiger partial charge in [-0.3, -0.25) is 4.79 Å². The molecule has 0 fully saturated rings. The van der Waals surface area contributed by atoms with Crippen molar-refractivity contribution in [1.82, 2.24) is 0 Å². The first-order valence-electron chi connectivity index (χ1n) is 5.99. The van der Waals surface area contributed by atoms with Gasteiger partial charge in [-0.1, -0.05) is 33.6 Å². The Balaban J connectivity index is 1.90. The van der Waals surface area contributed by atoms with E-state index in [1.54, 1.807) is 6.07 Å². The first-order chi connectivity index (χ1) is 9.54. The van der Waals surface area contributed by atoms with Crippen molar-refractivity contribution in [3.63, 3.8) is 0 Å². The number of aryl methyl sites for hydroxylation is 1. The van der Waals surface area contributed by atoms with Gasteiger partial charge in [0, 0.05) is 9.37 Å². The molecule has 0 aromatic heterocycles. The zero-order valence-corrected chi connectivity index (χ0v) is 13.2. The zero-order valence-electron chi connectivity index (χ0n) is 10.8. The minimum atomic E-state index is -0.451. The first-order valence-corrected chi connectivity index (χ1v) is 7.77. The Morgan fingerprint density at radius 2 is 1.95 bits per heavy atom. The van der Waals surface area contributed by atoms with Gasteiger partial charge >= 0.3 is 0 Å². The van der Waals surface area contributed by atoms with Gasteiger partial charge in [0.1, 0.15) is 5.82 Å². The number of carbonyl (C=O) groups is 1. The molecular formula is C15H13BrFNOS. The van der Waals surface area contributed by atoms with Crippen LogP contribution in [0.4, 0.5) is 10.1 Å². The predicted molar refractivity (Wildman–Crippen MR) is 84.6 cm³/mol. The molecule has 0 radical (unpaired) electrons. The number of amides is 1. The van der Waals surface area contributed by atoms with E-state index in [9.17, 15) is 9.18 Å². The molecule has 2 nitrogen and oxygen atoms in total. The number of hydrogen-bond donors (Lipinski definition) is 1. The highest BCUT2D eigenvalue weighted by Gasteiger charge is 2.08. The Labute approximate surface area is 129 Å². The SMILES string of the molecule is Cc1ccc(SCC(=O)Nc2ccc(Br)cc2F)cc1. The van der Waals surface area contributed by atoms with Crippen LogP contribution in [0.15, 0.2) is 51.8 Å². The molecule has 0 bridgehead atoms. The number of carbonyl (C=O) groups excluding carboxylic acids is 1. The van der Waals surface area contributed by atoms with Crippen LogP contribution in [0, 0.1) is 12.7 Å². The second-order valence-corrected chi connectivity index (χ2v) is 6.24. The summed E-state index contributed by atoms with van der Waals surface area (Å²) in [6, 6.07) is 12.5. The minimum Gasteiger partial charge on any atom is -0.323 e. The summed E-state index contributed by atoms with van der Waals surface area (Å²) in [4.78, 5) is 12.8. The minimum absolute atomic E-state index is 0.197. The summed E-state index contributed by atoms with van der Waals surface area (Å²) in [7, 11) is 0. The van der Waals surface area contributed by atoms with Gasteiger partial charge in [0.05, 0.1) is 11.4 Å². The summed E-state index contributed by atoms with van der Waals surface area (Å²) < 4.78 is 14.2. The molecule has 0 saturated carbocycles. The van der Waals surface area contributed by atoms with Gasteiger partial charge in [-0.15, -0.1) is 11.8 Å². The zero-order chi connectivity index (χ0) is 14.5. The highest BCUT2D eigenvalue weighted by atomic mass is 79.9. The third kappa shape index (κ3) is 4.35. The van der Waals surface area contributed by atoms with E-state index in [0.717, 1.165) is 4.90 Å². The van der Waals surface area contributed by atoms with Crippen LogP contribution in [0.5, 0.6) is 0 Å². The topological polar surface area (TPSA) is 29.1 Å². The van der Waals surface area contributed by atoms with Gasteiger partial charge in [-0.25, -0.2) is 4.39 Å². The van der Waals surface area contributed by atoms with Crippen LogP contribution in [0.1, 0.15) is 5.56 Å². The van der Waals surface area contributed by atoms with Crippen LogP contribution in [0.2, 0.25) is 0 Å². The van der Waals surface area contributed by atoms with Gasteiger partial charge in [0.2, 0.25) is 5.91 Å². The van der Waals surface area contributed by atoms with Gasteiger partial charge in [0.25, 0.3) is 0 Å². The Kier molecular flexibility index (Phi) is 5.20. The van der Waals surface area contributed by atoms with Crippen molar-refractivity contribution in [3.05, 3.63) is 58.3 Å². The molecule has 0 saturated heterocycles. The third-order valence-electron chi connectivity index (χ3n) is 2.60. The summed E-state index contributed by atoms with van der Waals surface area (Å²) in [6.45, 7) is 2.01. The number of anilines is 1. The van der Waals surface area contributed by atoms with Crippen molar-refractivity contribution in [1.29, 1.82) is 0 Å². The highest BCUT2D eigenvalue weighted by Crippen LogP contribution is 2.21. The summed E-state index contributed by atoms with van der Waals surface area (Å²) in [5, 5.41) is 2.56. The normalized spacial score (nSPS) is 10.3. The fraction of sp³-hybridized carbons (Fsp3) is 0.133. The molecule has 0 aliphatic rings. The highest BCUT2D eigenvalue weighted by molar-refractivity contribution is 9.10. The molecule has 20 heavy (non-hydrogen) atoms. The Bertz CT molecular complexity index is 616. The first kappa shape index (κ1) is 15.1. The molecule has 0 atom stereocenters. The number of hydrogen-bond acceptors (Lipinski definition) is 2. The molecule has 5 heteroatoms. The monoisotopic (exact) mass is 353 g/mol. The van der Waals surface area contributed by atoms with Crippen molar-refractivity contribution in [3.8, 4) is 0 Å². The van der Waals surface area contributed by atoms with Crippen molar-refractivity contribution < 1.29 is 9.18 Å². The van der Waals surface area contributed by atoms with Crippen LogP contribution in [0.25, 0.3) is 0 Å². The lowest BCUT2D eigenvalue weighted by Gasteiger charge is -2.07. The molecule has 0 heterocycles. The molecule has 1 amide bonds. The van der Waals surface area contributed by atoms with E-state index >= 15 is 0 Å². The van der Waals surface area contributed by atoms with Crippen molar-refractivity contribution in [2.75, 3.05) is 11.1 Å². The van der Waals surface area contributed by atoms with Crippen LogP contribution < -0.4 is 5.32 Å². The van der Waals surface area contributed by atoms with Crippen molar-refractivity contribution in [2.45, 2.75) is 11.8 Å². The lowest BCUT2D eigenvalue weighted by molar-refractivity contribution is -0.113. The van der Waals surface area contributed by atoms with Gasteiger partial charge < -0.3 is 5.32 Å². The molecule has 0 unspecified atom stereocenters. The fourth-order valence-corrected chi connectivity index (χ4v) is 2.59. The number of halogens is 2. The lowest BCUT2D eigenvalue weighted by Crippen LogP contribution is -2.14. The van der Waals surface area contributed by atoms with Crippen LogP contribution in [0.3, 0.4) is 0 Å². The van der Waals surface area contributed by atoms with Crippen molar-refractivity contribution >= 4 is 39.3 Å². The number of nitrogens with one attached hydrogen (secondary N) is 1. The molecule has 2 aromatic carbocycles. The Hall–Kier alpha value is -1.33. The molecule has 0 spiro atoms. The van der Waals surface area contributed by atoms with E-state index in [0.29, 0.717) is 4.47 Å². The van der Waals surface area contributed by atoms with Crippen LogP contribution in [-0.2, 0) is 4.79 Å². The molecule has 1 N–H and O–H groups in total. The van der Waals surface area contributed by atoms with Gasteiger partial charge in [0.15, 0.2) is 0 Å².